The number of rotatable bonds is 6. The lowest BCUT2D eigenvalue weighted by Crippen LogP contribution is -2.48. The number of nitrogens with zero attached hydrogens (tertiary/aromatic N) is 4. The van der Waals surface area contributed by atoms with E-state index in [0.29, 0.717) is 12.4 Å². The molecule has 3 rings (SSSR count). The van der Waals surface area contributed by atoms with E-state index in [4.69, 9.17) is 0 Å². The zero-order chi connectivity index (χ0) is 17.5. The first-order valence-corrected chi connectivity index (χ1v) is 8.85. The number of para-hydroxylation sites is 1. The van der Waals surface area contributed by atoms with Gasteiger partial charge in [0, 0.05) is 51.5 Å². The maximum Gasteiger partial charge on any atom is 0.320 e. The average Bonchev–Trinajstić information content (AvgIpc) is 3.11. The van der Waals surface area contributed by atoms with Crippen molar-refractivity contribution in [2.45, 2.75) is 6.92 Å². The molecule has 0 spiro atoms. The second-order valence-electron chi connectivity index (χ2n) is 6.14. The van der Waals surface area contributed by atoms with Crippen LogP contribution in [-0.2, 0) is 0 Å². The third kappa shape index (κ3) is 5.04. The third-order valence-electron chi connectivity index (χ3n) is 4.48. The number of hydrogen-bond donors (Lipinski definition) is 2. The summed E-state index contributed by atoms with van der Waals surface area (Å²) in [5.41, 5.74) is 0.960. The summed E-state index contributed by atoms with van der Waals surface area (Å²) in [7, 11) is 0. The van der Waals surface area contributed by atoms with E-state index < -0.39 is 0 Å². The highest BCUT2D eigenvalue weighted by atomic mass is 16.2. The lowest BCUT2D eigenvalue weighted by Gasteiger charge is -2.33. The van der Waals surface area contributed by atoms with Crippen LogP contribution in [0, 0.1) is 0 Å². The molecule has 0 bridgehead atoms. The smallest absolute Gasteiger partial charge is 0.320 e. The summed E-state index contributed by atoms with van der Waals surface area (Å²) in [5, 5.41) is 10.0. The van der Waals surface area contributed by atoms with Crippen molar-refractivity contribution in [3.63, 3.8) is 0 Å². The Labute approximate surface area is 148 Å². The van der Waals surface area contributed by atoms with Gasteiger partial charge in [0.25, 0.3) is 0 Å². The Bertz CT molecular complexity index is 663. The second-order valence-corrected chi connectivity index (χ2v) is 6.14. The number of likely N-dealkylation sites (N-methyl/N-ethyl adjacent to an activating group) is 1. The molecule has 1 aliphatic heterocycles. The summed E-state index contributed by atoms with van der Waals surface area (Å²) < 4.78 is 1.74. The van der Waals surface area contributed by atoms with Crippen molar-refractivity contribution >= 4 is 11.8 Å². The van der Waals surface area contributed by atoms with E-state index >= 15 is 0 Å². The molecule has 1 aromatic carbocycles. The van der Waals surface area contributed by atoms with Gasteiger partial charge < -0.3 is 10.2 Å². The van der Waals surface area contributed by atoms with E-state index in [1.165, 1.54) is 0 Å². The molecular weight excluding hydrogens is 316 g/mol. The maximum absolute atomic E-state index is 12.0. The standard InChI is InChI=1S/C18H26N6O/c1-2-22-12-14-23(15-13-22)11-9-19-18(25)20-17-8-10-24(21-17)16-6-4-3-5-7-16/h3-8,10H,2,9,11-15H2,1H3,(H2,19,20,21,25). The van der Waals surface area contributed by atoms with Crippen LogP contribution in [0.2, 0.25) is 0 Å². The van der Waals surface area contributed by atoms with Gasteiger partial charge in [0.05, 0.1) is 5.69 Å². The predicted octanol–water partition coefficient (Wildman–Crippen LogP) is 1.63. The molecule has 2 heterocycles. The van der Waals surface area contributed by atoms with E-state index in [1.807, 2.05) is 36.5 Å². The molecule has 0 unspecified atom stereocenters. The number of anilines is 1. The number of piperazine rings is 1. The van der Waals surface area contributed by atoms with Gasteiger partial charge in [-0.25, -0.2) is 9.48 Å². The van der Waals surface area contributed by atoms with Gasteiger partial charge in [0.15, 0.2) is 5.82 Å². The molecule has 1 aromatic heterocycles. The average molecular weight is 342 g/mol. The van der Waals surface area contributed by atoms with Crippen molar-refractivity contribution < 1.29 is 4.79 Å². The zero-order valence-corrected chi connectivity index (χ0v) is 14.7. The van der Waals surface area contributed by atoms with Crippen molar-refractivity contribution in [1.82, 2.24) is 24.9 Å². The number of carbonyl (C=O) groups excluding carboxylic acids is 1. The lowest BCUT2D eigenvalue weighted by molar-refractivity contribution is 0.138. The molecule has 0 radical (unpaired) electrons. The van der Waals surface area contributed by atoms with Crippen LogP contribution in [0.25, 0.3) is 5.69 Å². The van der Waals surface area contributed by atoms with E-state index in [-0.39, 0.29) is 6.03 Å². The molecule has 1 fully saturated rings. The summed E-state index contributed by atoms with van der Waals surface area (Å²) in [5.74, 6) is 0.540. The summed E-state index contributed by atoms with van der Waals surface area (Å²) in [4.78, 5) is 16.8. The van der Waals surface area contributed by atoms with Crippen LogP contribution >= 0.6 is 0 Å². The lowest BCUT2D eigenvalue weighted by atomic mass is 10.3. The van der Waals surface area contributed by atoms with Crippen molar-refractivity contribution in [3.8, 4) is 5.69 Å². The molecule has 0 aliphatic carbocycles. The molecule has 1 saturated heterocycles. The van der Waals surface area contributed by atoms with Crippen LogP contribution in [-0.4, -0.2) is 71.4 Å². The van der Waals surface area contributed by atoms with Crippen LogP contribution < -0.4 is 10.6 Å². The van der Waals surface area contributed by atoms with Crippen LogP contribution in [0.4, 0.5) is 10.6 Å². The SMILES string of the molecule is CCN1CCN(CCNC(=O)Nc2ccn(-c3ccccc3)n2)CC1. The fourth-order valence-corrected chi connectivity index (χ4v) is 2.93. The minimum absolute atomic E-state index is 0.217. The van der Waals surface area contributed by atoms with Gasteiger partial charge in [-0.1, -0.05) is 25.1 Å². The van der Waals surface area contributed by atoms with Crippen molar-refractivity contribution in [1.29, 1.82) is 0 Å². The normalized spacial score (nSPS) is 15.9. The van der Waals surface area contributed by atoms with E-state index in [0.717, 1.165) is 45.0 Å². The van der Waals surface area contributed by atoms with Gasteiger partial charge in [-0.2, -0.15) is 0 Å². The monoisotopic (exact) mass is 342 g/mol. The van der Waals surface area contributed by atoms with E-state index in [9.17, 15) is 4.79 Å². The number of aromatic nitrogens is 2. The van der Waals surface area contributed by atoms with E-state index in [2.05, 4.69) is 32.5 Å². The Kier molecular flexibility index (Phi) is 6.03. The Morgan fingerprint density at radius 1 is 1.08 bits per heavy atom. The van der Waals surface area contributed by atoms with Gasteiger partial charge in [0.1, 0.15) is 0 Å². The van der Waals surface area contributed by atoms with Crippen LogP contribution in [0.1, 0.15) is 6.92 Å². The Hall–Kier alpha value is -2.38. The Morgan fingerprint density at radius 3 is 2.52 bits per heavy atom. The number of hydrogen-bond acceptors (Lipinski definition) is 4. The highest BCUT2D eigenvalue weighted by molar-refractivity contribution is 5.88. The van der Waals surface area contributed by atoms with Gasteiger partial charge in [-0.15, -0.1) is 5.10 Å². The van der Waals surface area contributed by atoms with Crippen LogP contribution in [0.5, 0.6) is 0 Å². The molecule has 7 nitrogen and oxygen atoms in total. The summed E-state index contributed by atoms with van der Waals surface area (Å²) in [6.07, 6.45) is 1.83. The molecule has 2 amide bonds. The summed E-state index contributed by atoms with van der Waals surface area (Å²) in [6.45, 7) is 9.18. The molecule has 0 saturated carbocycles. The number of urea groups is 1. The molecular formula is C18H26N6O. The highest BCUT2D eigenvalue weighted by Gasteiger charge is 2.15. The summed E-state index contributed by atoms with van der Waals surface area (Å²) >= 11 is 0. The maximum atomic E-state index is 12.0. The van der Waals surface area contributed by atoms with Crippen LogP contribution in [0.15, 0.2) is 42.6 Å². The molecule has 134 valence electrons. The number of amides is 2. The Balaban J connectivity index is 1.39. The topological polar surface area (TPSA) is 65.4 Å². The minimum atomic E-state index is -0.217. The van der Waals surface area contributed by atoms with Crippen LogP contribution in [0.3, 0.4) is 0 Å². The molecule has 25 heavy (non-hydrogen) atoms. The highest BCUT2D eigenvalue weighted by Crippen LogP contribution is 2.09. The first-order chi connectivity index (χ1) is 12.2. The molecule has 0 atom stereocenters. The predicted molar refractivity (Wildman–Crippen MR) is 99.1 cm³/mol. The summed E-state index contributed by atoms with van der Waals surface area (Å²) in [6, 6.07) is 11.4. The second kappa shape index (κ2) is 8.64. The van der Waals surface area contributed by atoms with Crippen molar-refractivity contribution in [2.75, 3.05) is 51.1 Å². The third-order valence-corrected chi connectivity index (χ3v) is 4.48. The van der Waals surface area contributed by atoms with Gasteiger partial charge in [-0.3, -0.25) is 10.2 Å². The van der Waals surface area contributed by atoms with Gasteiger partial charge in [-0.05, 0) is 18.7 Å². The fraction of sp³-hybridized carbons (Fsp3) is 0.444. The Morgan fingerprint density at radius 2 is 1.80 bits per heavy atom. The first-order valence-electron chi connectivity index (χ1n) is 8.85. The van der Waals surface area contributed by atoms with Gasteiger partial charge in [0.2, 0.25) is 0 Å². The number of carbonyl (C=O) groups is 1. The molecule has 2 aromatic rings. The van der Waals surface area contributed by atoms with Crippen molar-refractivity contribution in [3.05, 3.63) is 42.6 Å². The van der Waals surface area contributed by atoms with Gasteiger partial charge >= 0.3 is 6.03 Å². The zero-order valence-electron chi connectivity index (χ0n) is 14.7. The van der Waals surface area contributed by atoms with E-state index in [1.54, 1.807) is 10.7 Å². The molecule has 7 heteroatoms. The minimum Gasteiger partial charge on any atom is -0.337 e. The quantitative estimate of drug-likeness (QED) is 0.837. The largest absolute Gasteiger partial charge is 0.337 e. The first kappa shape index (κ1) is 17.4. The molecule has 2 N–H and O–H groups in total. The fourth-order valence-electron chi connectivity index (χ4n) is 2.93. The number of benzene rings is 1. The van der Waals surface area contributed by atoms with Crippen molar-refractivity contribution in [2.24, 2.45) is 0 Å². The number of nitrogens with one attached hydrogen (secondary N) is 2. The molecule has 1 aliphatic rings.